The number of anilines is 1. The number of hydrogen-bond acceptors (Lipinski definition) is 3. The Morgan fingerprint density at radius 3 is 2.46 bits per heavy atom. The van der Waals surface area contributed by atoms with Gasteiger partial charge >= 0.3 is 0 Å². The van der Waals surface area contributed by atoms with E-state index < -0.39 is 0 Å². The summed E-state index contributed by atoms with van der Waals surface area (Å²) in [5.74, 6) is -0.0971. The van der Waals surface area contributed by atoms with Crippen LogP contribution in [0.15, 0.2) is 73.1 Å². The van der Waals surface area contributed by atoms with Crippen LogP contribution in [0.5, 0.6) is 5.75 Å². The summed E-state index contributed by atoms with van der Waals surface area (Å²) in [7, 11) is 0. The van der Waals surface area contributed by atoms with Crippen molar-refractivity contribution in [2.45, 2.75) is 6.61 Å². The monoisotopic (exact) mass is 322 g/mol. The first-order valence-corrected chi connectivity index (χ1v) is 7.40. The Bertz CT molecular complexity index is 820. The van der Waals surface area contributed by atoms with Crippen molar-refractivity contribution in [2.75, 3.05) is 5.32 Å². The van der Waals surface area contributed by atoms with E-state index in [1.807, 2.05) is 0 Å². The highest BCUT2D eigenvalue weighted by atomic mass is 19.1. The van der Waals surface area contributed by atoms with Crippen LogP contribution in [0.2, 0.25) is 0 Å². The van der Waals surface area contributed by atoms with Crippen LogP contribution in [-0.4, -0.2) is 10.9 Å². The molecule has 0 aliphatic rings. The van der Waals surface area contributed by atoms with E-state index in [4.69, 9.17) is 4.74 Å². The lowest BCUT2D eigenvalue weighted by Gasteiger charge is -2.12. The summed E-state index contributed by atoms with van der Waals surface area (Å²) in [6.45, 7) is 0.250. The van der Waals surface area contributed by atoms with Gasteiger partial charge in [-0.1, -0.05) is 24.3 Å². The van der Waals surface area contributed by atoms with Crippen LogP contribution in [0.1, 0.15) is 15.9 Å². The second-order valence-corrected chi connectivity index (χ2v) is 5.10. The summed E-state index contributed by atoms with van der Waals surface area (Å²) in [6, 6.07) is 16.4. The molecule has 0 spiro atoms. The molecule has 4 nitrogen and oxygen atoms in total. The molecular formula is C19H15FN2O2. The molecule has 0 fully saturated rings. The SMILES string of the molecule is O=C(Nc1ccncc1)c1ccccc1OCc1ccc(F)cc1. The summed E-state index contributed by atoms with van der Waals surface area (Å²) in [5, 5.41) is 2.80. The van der Waals surface area contributed by atoms with Gasteiger partial charge in [-0.05, 0) is 42.0 Å². The summed E-state index contributed by atoms with van der Waals surface area (Å²) >= 11 is 0. The Hall–Kier alpha value is -3.21. The van der Waals surface area contributed by atoms with Crippen molar-refractivity contribution in [2.24, 2.45) is 0 Å². The zero-order valence-corrected chi connectivity index (χ0v) is 12.8. The minimum atomic E-state index is -0.295. The van der Waals surface area contributed by atoms with E-state index in [0.717, 1.165) is 5.56 Å². The van der Waals surface area contributed by atoms with E-state index in [0.29, 0.717) is 17.0 Å². The fourth-order valence-electron chi connectivity index (χ4n) is 2.16. The number of ether oxygens (including phenoxy) is 1. The summed E-state index contributed by atoms with van der Waals surface area (Å²) in [4.78, 5) is 16.3. The van der Waals surface area contributed by atoms with Crippen LogP contribution in [0.3, 0.4) is 0 Å². The summed E-state index contributed by atoms with van der Waals surface area (Å²) in [6.07, 6.45) is 3.21. The molecule has 0 saturated carbocycles. The van der Waals surface area contributed by atoms with Crippen LogP contribution < -0.4 is 10.1 Å². The minimum Gasteiger partial charge on any atom is -0.488 e. The third-order valence-electron chi connectivity index (χ3n) is 3.38. The Labute approximate surface area is 138 Å². The van der Waals surface area contributed by atoms with Gasteiger partial charge in [0.1, 0.15) is 18.2 Å². The van der Waals surface area contributed by atoms with Gasteiger partial charge in [-0.2, -0.15) is 0 Å². The fourth-order valence-corrected chi connectivity index (χ4v) is 2.16. The number of carbonyl (C=O) groups is 1. The van der Waals surface area contributed by atoms with E-state index in [-0.39, 0.29) is 18.3 Å². The fraction of sp³-hybridized carbons (Fsp3) is 0.0526. The molecule has 1 N–H and O–H groups in total. The molecule has 1 aromatic heterocycles. The maximum absolute atomic E-state index is 12.9. The number of halogens is 1. The molecule has 3 aromatic rings. The van der Waals surface area contributed by atoms with Gasteiger partial charge in [0, 0.05) is 18.1 Å². The molecule has 3 rings (SSSR count). The Balaban J connectivity index is 1.72. The lowest BCUT2D eigenvalue weighted by Crippen LogP contribution is -2.13. The second-order valence-electron chi connectivity index (χ2n) is 5.10. The number of benzene rings is 2. The van der Waals surface area contributed by atoms with Gasteiger partial charge in [-0.15, -0.1) is 0 Å². The quantitative estimate of drug-likeness (QED) is 0.771. The van der Waals surface area contributed by atoms with Gasteiger partial charge in [0.05, 0.1) is 5.56 Å². The van der Waals surface area contributed by atoms with E-state index >= 15 is 0 Å². The first kappa shape index (κ1) is 15.7. The number of nitrogens with one attached hydrogen (secondary N) is 1. The van der Waals surface area contributed by atoms with Crippen molar-refractivity contribution in [3.63, 3.8) is 0 Å². The van der Waals surface area contributed by atoms with E-state index in [9.17, 15) is 9.18 Å². The number of rotatable bonds is 5. The number of amides is 1. The molecule has 5 heteroatoms. The molecule has 2 aromatic carbocycles. The highest BCUT2D eigenvalue weighted by molar-refractivity contribution is 6.06. The lowest BCUT2D eigenvalue weighted by molar-refractivity contribution is 0.102. The molecule has 0 bridgehead atoms. The molecule has 0 atom stereocenters. The van der Waals surface area contributed by atoms with Crippen molar-refractivity contribution in [3.8, 4) is 5.75 Å². The largest absolute Gasteiger partial charge is 0.488 e. The number of carbonyl (C=O) groups excluding carboxylic acids is 1. The zero-order valence-electron chi connectivity index (χ0n) is 12.8. The van der Waals surface area contributed by atoms with E-state index in [2.05, 4.69) is 10.3 Å². The molecule has 120 valence electrons. The molecule has 1 heterocycles. The normalized spacial score (nSPS) is 10.2. The number of hydrogen-bond donors (Lipinski definition) is 1. The van der Waals surface area contributed by atoms with Crippen molar-refractivity contribution in [1.82, 2.24) is 4.98 Å². The molecule has 0 unspecified atom stereocenters. The highest BCUT2D eigenvalue weighted by Gasteiger charge is 2.12. The second kappa shape index (κ2) is 7.37. The average Bonchev–Trinajstić information content (AvgIpc) is 2.62. The van der Waals surface area contributed by atoms with E-state index in [1.165, 1.54) is 12.1 Å². The Morgan fingerprint density at radius 1 is 1.00 bits per heavy atom. The van der Waals surface area contributed by atoms with Crippen molar-refractivity contribution in [3.05, 3.63) is 90.0 Å². The van der Waals surface area contributed by atoms with E-state index in [1.54, 1.807) is 60.9 Å². The molecular weight excluding hydrogens is 307 g/mol. The third kappa shape index (κ3) is 3.95. The average molecular weight is 322 g/mol. The maximum Gasteiger partial charge on any atom is 0.259 e. The topological polar surface area (TPSA) is 51.2 Å². The van der Waals surface area contributed by atoms with Gasteiger partial charge in [0.2, 0.25) is 0 Å². The lowest BCUT2D eigenvalue weighted by atomic mass is 10.1. The number of para-hydroxylation sites is 1. The molecule has 24 heavy (non-hydrogen) atoms. The van der Waals surface area contributed by atoms with Gasteiger partial charge in [-0.3, -0.25) is 9.78 Å². The highest BCUT2D eigenvalue weighted by Crippen LogP contribution is 2.21. The minimum absolute atomic E-state index is 0.250. The Morgan fingerprint density at radius 2 is 1.71 bits per heavy atom. The Kier molecular flexibility index (Phi) is 4.81. The number of pyridine rings is 1. The summed E-state index contributed by atoms with van der Waals surface area (Å²) < 4.78 is 18.7. The molecule has 1 amide bonds. The van der Waals surface area contributed by atoms with Crippen LogP contribution in [-0.2, 0) is 6.61 Å². The first-order chi connectivity index (χ1) is 11.7. The van der Waals surface area contributed by atoms with Gasteiger partial charge in [-0.25, -0.2) is 4.39 Å². The third-order valence-corrected chi connectivity index (χ3v) is 3.38. The van der Waals surface area contributed by atoms with Crippen molar-refractivity contribution < 1.29 is 13.9 Å². The first-order valence-electron chi connectivity index (χ1n) is 7.40. The van der Waals surface area contributed by atoms with Gasteiger partial charge in [0.15, 0.2) is 0 Å². The zero-order chi connectivity index (χ0) is 16.8. The van der Waals surface area contributed by atoms with Crippen LogP contribution in [0, 0.1) is 5.82 Å². The van der Waals surface area contributed by atoms with Crippen LogP contribution in [0.4, 0.5) is 10.1 Å². The molecule has 0 aliphatic carbocycles. The maximum atomic E-state index is 12.9. The van der Waals surface area contributed by atoms with Gasteiger partial charge in [0.25, 0.3) is 5.91 Å². The molecule has 0 radical (unpaired) electrons. The molecule has 0 aliphatic heterocycles. The van der Waals surface area contributed by atoms with Gasteiger partial charge < -0.3 is 10.1 Å². The van der Waals surface area contributed by atoms with Crippen LogP contribution in [0.25, 0.3) is 0 Å². The smallest absolute Gasteiger partial charge is 0.259 e. The standard InChI is InChI=1S/C19H15FN2O2/c20-15-7-5-14(6-8-15)13-24-18-4-2-1-3-17(18)19(23)22-16-9-11-21-12-10-16/h1-12H,13H2,(H,21,22,23). The molecule has 0 saturated heterocycles. The van der Waals surface area contributed by atoms with Crippen molar-refractivity contribution in [1.29, 1.82) is 0 Å². The number of aromatic nitrogens is 1. The predicted molar refractivity (Wildman–Crippen MR) is 89.4 cm³/mol. The van der Waals surface area contributed by atoms with Crippen molar-refractivity contribution >= 4 is 11.6 Å². The van der Waals surface area contributed by atoms with Crippen LogP contribution >= 0.6 is 0 Å². The summed E-state index contributed by atoms with van der Waals surface area (Å²) in [5.41, 5.74) is 1.90. The number of nitrogens with zero attached hydrogens (tertiary/aromatic N) is 1. The predicted octanol–water partition coefficient (Wildman–Crippen LogP) is 4.05.